The zero-order chi connectivity index (χ0) is 11.8. The van der Waals surface area contributed by atoms with Crippen LogP contribution < -0.4 is 0 Å². The fourth-order valence-electron chi connectivity index (χ4n) is 2.00. The molecule has 94 valence electrons. The maximum atomic E-state index is 11.6. The van der Waals surface area contributed by atoms with Gasteiger partial charge in [-0.15, -0.1) is 0 Å². The van der Waals surface area contributed by atoms with Crippen molar-refractivity contribution >= 4 is 5.91 Å². The van der Waals surface area contributed by atoms with Gasteiger partial charge in [-0.1, -0.05) is 0 Å². The molecule has 1 saturated heterocycles. The third-order valence-electron chi connectivity index (χ3n) is 3.17. The van der Waals surface area contributed by atoms with Gasteiger partial charge in [0.15, 0.2) is 0 Å². The number of carbonyl (C=O) groups is 1. The smallest absolute Gasteiger partial charge is 0.222 e. The Labute approximate surface area is 98.2 Å². The number of rotatable bonds is 7. The number of amides is 1. The fourth-order valence-corrected chi connectivity index (χ4v) is 2.00. The zero-order valence-corrected chi connectivity index (χ0v) is 10.3. The highest BCUT2D eigenvalue weighted by Crippen LogP contribution is 2.07. The van der Waals surface area contributed by atoms with Crippen molar-refractivity contribution in [2.24, 2.45) is 0 Å². The number of likely N-dealkylation sites (N-methyl/N-ethyl adjacent to an activating group) is 1. The zero-order valence-electron chi connectivity index (χ0n) is 10.3. The van der Waals surface area contributed by atoms with Crippen molar-refractivity contribution in [1.29, 1.82) is 0 Å². The monoisotopic (exact) mass is 228 g/mol. The molecule has 0 aliphatic carbocycles. The van der Waals surface area contributed by atoms with Crippen molar-refractivity contribution in [2.75, 3.05) is 39.8 Å². The average Bonchev–Trinajstić information content (AvgIpc) is 2.79. The van der Waals surface area contributed by atoms with Gasteiger partial charge < -0.3 is 14.9 Å². The number of nitrogens with zero attached hydrogens (tertiary/aromatic N) is 2. The summed E-state index contributed by atoms with van der Waals surface area (Å²) in [6.07, 6.45) is 4.69. The van der Waals surface area contributed by atoms with Crippen LogP contribution in [-0.2, 0) is 4.79 Å². The van der Waals surface area contributed by atoms with Crippen LogP contribution in [0.15, 0.2) is 0 Å². The summed E-state index contributed by atoms with van der Waals surface area (Å²) in [5.41, 5.74) is 0. The van der Waals surface area contributed by atoms with E-state index in [0.717, 1.165) is 25.9 Å². The van der Waals surface area contributed by atoms with Crippen LogP contribution in [0.4, 0.5) is 0 Å². The van der Waals surface area contributed by atoms with Crippen molar-refractivity contribution in [3.63, 3.8) is 0 Å². The van der Waals surface area contributed by atoms with Gasteiger partial charge in [0.1, 0.15) is 0 Å². The molecule has 0 aromatic heterocycles. The van der Waals surface area contributed by atoms with E-state index in [9.17, 15) is 4.79 Å². The summed E-state index contributed by atoms with van der Waals surface area (Å²) in [5.74, 6) is 0.202. The second-order valence-corrected chi connectivity index (χ2v) is 4.54. The minimum absolute atomic E-state index is 0.185. The Hall–Kier alpha value is -0.610. The van der Waals surface area contributed by atoms with Crippen LogP contribution in [0, 0.1) is 0 Å². The summed E-state index contributed by atoms with van der Waals surface area (Å²) in [4.78, 5) is 15.9. The predicted molar refractivity (Wildman–Crippen MR) is 64.2 cm³/mol. The SMILES string of the molecule is CN(CCN1CCCC1)C(=O)CCCCO. The maximum absolute atomic E-state index is 11.6. The highest BCUT2D eigenvalue weighted by Gasteiger charge is 2.13. The average molecular weight is 228 g/mol. The van der Waals surface area contributed by atoms with Crippen LogP contribution >= 0.6 is 0 Å². The highest BCUT2D eigenvalue weighted by atomic mass is 16.3. The van der Waals surface area contributed by atoms with Gasteiger partial charge in [0.05, 0.1) is 0 Å². The third-order valence-corrected chi connectivity index (χ3v) is 3.17. The second-order valence-electron chi connectivity index (χ2n) is 4.54. The number of aliphatic hydroxyl groups is 1. The molecule has 1 fully saturated rings. The number of aliphatic hydroxyl groups excluding tert-OH is 1. The van der Waals surface area contributed by atoms with E-state index in [1.54, 1.807) is 0 Å². The Kier molecular flexibility index (Phi) is 6.42. The van der Waals surface area contributed by atoms with Crippen molar-refractivity contribution in [3.05, 3.63) is 0 Å². The van der Waals surface area contributed by atoms with Gasteiger partial charge in [-0.05, 0) is 38.8 Å². The van der Waals surface area contributed by atoms with Gasteiger partial charge in [-0.3, -0.25) is 4.79 Å². The second kappa shape index (κ2) is 7.63. The lowest BCUT2D eigenvalue weighted by Gasteiger charge is -2.21. The van der Waals surface area contributed by atoms with Gasteiger partial charge >= 0.3 is 0 Å². The quantitative estimate of drug-likeness (QED) is 0.652. The van der Waals surface area contributed by atoms with Crippen molar-refractivity contribution in [1.82, 2.24) is 9.80 Å². The molecule has 4 heteroatoms. The molecular weight excluding hydrogens is 204 g/mol. The maximum Gasteiger partial charge on any atom is 0.222 e. The van der Waals surface area contributed by atoms with E-state index in [2.05, 4.69) is 4.90 Å². The predicted octanol–water partition coefficient (Wildman–Crippen LogP) is 0.703. The molecule has 0 atom stereocenters. The summed E-state index contributed by atoms with van der Waals surface area (Å²) in [5, 5.41) is 8.63. The Balaban J connectivity index is 2.07. The summed E-state index contributed by atoms with van der Waals surface area (Å²) in [6.45, 7) is 4.39. The van der Waals surface area contributed by atoms with Crippen molar-refractivity contribution in [2.45, 2.75) is 32.1 Å². The molecule has 1 heterocycles. The van der Waals surface area contributed by atoms with E-state index >= 15 is 0 Å². The van der Waals surface area contributed by atoms with E-state index in [1.807, 2.05) is 11.9 Å². The van der Waals surface area contributed by atoms with Crippen LogP contribution in [0.5, 0.6) is 0 Å². The molecule has 1 rings (SSSR count). The number of carbonyl (C=O) groups excluding carboxylic acids is 1. The molecular formula is C12H24N2O2. The molecule has 0 aromatic carbocycles. The Morgan fingerprint density at radius 3 is 2.62 bits per heavy atom. The first kappa shape index (κ1) is 13.5. The first-order chi connectivity index (χ1) is 7.74. The molecule has 16 heavy (non-hydrogen) atoms. The van der Waals surface area contributed by atoms with Crippen molar-refractivity contribution in [3.8, 4) is 0 Å². The van der Waals surface area contributed by atoms with E-state index in [1.165, 1.54) is 25.9 Å². The molecule has 0 saturated carbocycles. The van der Waals surface area contributed by atoms with Gasteiger partial charge in [0.2, 0.25) is 5.91 Å². The molecule has 0 unspecified atom stereocenters. The molecule has 1 N–H and O–H groups in total. The summed E-state index contributed by atoms with van der Waals surface area (Å²) in [7, 11) is 1.87. The Morgan fingerprint density at radius 1 is 1.31 bits per heavy atom. The minimum atomic E-state index is 0.185. The Morgan fingerprint density at radius 2 is 2.00 bits per heavy atom. The number of unbranched alkanes of at least 4 members (excludes halogenated alkanes) is 1. The van der Waals surface area contributed by atoms with Gasteiger partial charge in [-0.2, -0.15) is 0 Å². The lowest BCUT2D eigenvalue weighted by molar-refractivity contribution is -0.130. The van der Waals surface area contributed by atoms with Crippen LogP contribution in [-0.4, -0.2) is 60.6 Å². The first-order valence-corrected chi connectivity index (χ1v) is 6.31. The number of likely N-dealkylation sites (tertiary alicyclic amines) is 1. The third kappa shape index (κ3) is 4.94. The molecule has 4 nitrogen and oxygen atoms in total. The molecule has 0 spiro atoms. The van der Waals surface area contributed by atoms with Crippen LogP contribution in [0.2, 0.25) is 0 Å². The van der Waals surface area contributed by atoms with E-state index in [0.29, 0.717) is 6.42 Å². The lowest BCUT2D eigenvalue weighted by Crippen LogP contribution is -2.35. The Bertz CT molecular complexity index is 203. The van der Waals surface area contributed by atoms with Gasteiger partial charge in [-0.25, -0.2) is 0 Å². The summed E-state index contributed by atoms with van der Waals surface area (Å²) in [6, 6.07) is 0. The summed E-state index contributed by atoms with van der Waals surface area (Å²) >= 11 is 0. The van der Waals surface area contributed by atoms with Crippen LogP contribution in [0.3, 0.4) is 0 Å². The van der Waals surface area contributed by atoms with Crippen LogP contribution in [0.1, 0.15) is 32.1 Å². The number of hydrogen-bond acceptors (Lipinski definition) is 3. The first-order valence-electron chi connectivity index (χ1n) is 6.31. The molecule has 0 radical (unpaired) electrons. The minimum Gasteiger partial charge on any atom is -0.396 e. The van der Waals surface area contributed by atoms with E-state index in [4.69, 9.17) is 5.11 Å². The summed E-state index contributed by atoms with van der Waals surface area (Å²) < 4.78 is 0. The largest absolute Gasteiger partial charge is 0.396 e. The normalized spacial score (nSPS) is 16.6. The molecule has 1 aliphatic rings. The van der Waals surface area contributed by atoms with Gasteiger partial charge in [0, 0.05) is 33.2 Å². The highest BCUT2D eigenvalue weighted by molar-refractivity contribution is 5.75. The number of hydrogen-bond donors (Lipinski definition) is 1. The molecule has 0 aromatic rings. The van der Waals surface area contributed by atoms with Crippen molar-refractivity contribution < 1.29 is 9.90 Å². The fraction of sp³-hybridized carbons (Fsp3) is 0.917. The topological polar surface area (TPSA) is 43.8 Å². The van der Waals surface area contributed by atoms with E-state index < -0.39 is 0 Å². The molecule has 1 amide bonds. The van der Waals surface area contributed by atoms with Gasteiger partial charge in [0.25, 0.3) is 0 Å². The van der Waals surface area contributed by atoms with E-state index in [-0.39, 0.29) is 12.5 Å². The lowest BCUT2D eigenvalue weighted by atomic mass is 10.2. The molecule has 0 bridgehead atoms. The molecule has 1 aliphatic heterocycles. The van der Waals surface area contributed by atoms with Crippen LogP contribution in [0.25, 0.3) is 0 Å². The standard InChI is InChI=1S/C12H24N2O2/c1-13(12(16)6-2-5-11-15)9-10-14-7-3-4-8-14/h15H,2-11H2,1H3.